The van der Waals surface area contributed by atoms with E-state index in [-0.39, 0.29) is 23.9 Å². The van der Waals surface area contributed by atoms with E-state index in [1.807, 2.05) is 13.8 Å². The Morgan fingerprint density at radius 2 is 1.60 bits per heavy atom. The van der Waals surface area contributed by atoms with Crippen LogP contribution in [0.3, 0.4) is 0 Å². The zero-order valence-corrected chi connectivity index (χ0v) is 14.9. The molecule has 0 aromatic heterocycles. The highest BCUT2D eigenvalue weighted by Crippen LogP contribution is 2.38. The number of terminal acetylenes is 1. The zero-order valence-electron chi connectivity index (χ0n) is 14.9. The molecule has 0 N–H and O–H groups in total. The largest absolute Gasteiger partial charge is 0.298 e. The Balaban J connectivity index is 2.01. The first-order valence-corrected chi connectivity index (χ1v) is 8.60. The van der Waals surface area contributed by atoms with Gasteiger partial charge in [-0.15, -0.1) is 12.3 Å². The monoisotopic (exact) mass is 330 g/mol. The van der Waals surface area contributed by atoms with Crippen LogP contribution in [-0.2, 0) is 9.59 Å². The van der Waals surface area contributed by atoms with Crippen molar-refractivity contribution < 1.29 is 9.59 Å². The number of carbonyl (C=O) groups is 2. The van der Waals surface area contributed by atoms with E-state index < -0.39 is 5.92 Å². The topological polar surface area (TPSA) is 34.1 Å². The molecule has 3 rings (SSSR count). The molecule has 0 saturated heterocycles. The van der Waals surface area contributed by atoms with E-state index in [4.69, 9.17) is 6.42 Å². The summed E-state index contributed by atoms with van der Waals surface area (Å²) in [6.07, 6.45) is 5.96. The lowest BCUT2D eigenvalue weighted by Crippen LogP contribution is -2.17. The molecule has 0 spiro atoms. The molecule has 1 aliphatic rings. The third kappa shape index (κ3) is 3.15. The van der Waals surface area contributed by atoms with Gasteiger partial charge in [-0.2, -0.15) is 0 Å². The normalized spacial score (nSPS) is 19.9. The number of Topliss-reactive ketones (excluding diaryl/α,β-unsaturated/α-hetero) is 2. The number of benzene rings is 2. The maximum absolute atomic E-state index is 12.7. The first kappa shape index (κ1) is 17.2. The summed E-state index contributed by atoms with van der Waals surface area (Å²) in [7, 11) is 0. The number of rotatable bonds is 3. The van der Waals surface area contributed by atoms with Crippen LogP contribution >= 0.6 is 0 Å². The Morgan fingerprint density at radius 3 is 2.16 bits per heavy atom. The maximum atomic E-state index is 12.7. The number of ketones is 2. The number of carbonyl (C=O) groups excluding carboxylic acids is 2. The molecule has 2 aromatic carbocycles. The molecular weight excluding hydrogens is 308 g/mol. The number of hydrogen-bond acceptors (Lipinski definition) is 2. The van der Waals surface area contributed by atoms with Crippen LogP contribution in [0.15, 0.2) is 36.4 Å². The van der Waals surface area contributed by atoms with Gasteiger partial charge in [-0.25, -0.2) is 0 Å². The van der Waals surface area contributed by atoms with Crippen molar-refractivity contribution in [2.45, 2.75) is 39.5 Å². The fourth-order valence-corrected chi connectivity index (χ4v) is 3.82. The van der Waals surface area contributed by atoms with Gasteiger partial charge in [-0.1, -0.05) is 42.0 Å². The Bertz CT molecular complexity index is 858. The Labute approximate surface area is 149 Å². The molecule has 1 aliphatic carbocycles. The molecule has 2 atom stereocenters. The molecule has 0 heterocycles. The van der Waals surface area contributed by atoms with Crippen molar-refractivity contribution in [2.75, 3.05) is 0 Å². The first-order chi connectivity index (χ1) is 11.9. The van der Waals surface area contributed by atoms with E-state index in [9.17, 15) is 9.59 Å². The van der Waals surface area contributed by atoms with Crippen molar-refractivity contribution in [3.05, 3.63) is 58.7 Å². The van der Waals surface area contributed by atoms with E-state index in [0.717, 1.165) is 27.8 Å². The van der Waals surface area contributed by atoms with E-state index in [1.165, 1.54) is 5.56 Å². The van der Waals surface area contributed by atoms with E-state index in [1.54, 1.807) is 0 Å². The van der Waals surface area contributed by atoms with Gasteiger partial charge in [0, 0.05) is 18.8 Å². The SMILES string of the molecule is C#CCC1CC(=O)C(c2c(C)cc(-c3ccc(C)cc3)cc2C)C1=O. The minimum absolute atomic E-state index is 0.000430. The van der Waals surface area contributed by atoms with Crippen LogP contribution in [0.4, 0.5) is 0 Å². The molecule has 2 unspecified atom stereocenters. The summed E-state index contributed by atoms with van der Waals surface area (Å²) < 4.78 is 0. The second-order valence-electron chi connectivity index (χ2n) is 7.00. The van der Waals surface area contributed by atoms with Crippen LogP contribution in [0.2, 0.25) is 0 Å². The summed E-state index contributed by atoms with van der Waals surface area (Å²) in [6, 6.07) is 12.5. The standard InChI is InChI=1S/C23H22O2/c1-5-6-18-13-20(24)22(23(18)25)21-15(3)11-19(12-16(21)4)17-9-7-14(2)8-10-17/h1,7-12,18,22H,6,13H2,2-4H3. The van der Waals surface area contributed by atoms with Crippen molar-refractivity contribution in [1.29, 1.82) is 0 Å². The predicted molar refractivity (Wildman–Crippen MR) is 100 cm³/mol. The third-order valence-electron chi connectivity index (χ3n) is 5.09. The molecular formula is C23H22O2. The highest BCUT2D eigenvalue weighted by molar-refractivity contribution is 6.15. The van der Waals surface area contributed by atoms with E-state index in [0.29, 0.717) is 6.42 Å². The van der Waals surface area contributed by atoms with Gasteiger partial charge in [-0.3, -0.25) is 9.59 Å². The Kier molecular flexibility index (Phi) is 4.59. The van der Waals surface area contributed by atoms with Crippen LogP contribution in [0.25, 0.3) is 11.1 Å². The van der Waals surface area contributed by atoms with Crippen LogP contribution in [0, 0.1) is 39.0 Å². The first-order valence-electron chi connectivity index (χ1n) is 8.60. The van der Waals surface area contributed by atoms with E-state index >= 15 is 0 Å². The molecule has 2 nitrogen and oxygen atoms in total. The highest BCUT2D eigenvalue weighted by atomic mass is 16.2. The second-order valence-corrected chi connectivity index (χ2v) is 7.00. The lowest BCUT2D eigenvalue weighted by molar-refractivity contribution is -0.124. The summed E-state index contributed by atoms with van der Waals surface area (Å²) in [5.41, 5.74) is 6.31. The average molecular weight is 330 g/mol. The van der Waals surface area contributed by atoms with Gasteiger partial charge in [-0.05, 0) is 48.6 Å². The molecule has 0 bridgehead atoms. The minimum Gasteiger partial charge on any atom is -0.298 e. The van der Waals surface area contributed by atoms with Gasteiger partial charge in [0.25, 0.3) is 0 Å². The van der Waals surface area contributed by atoms with Crippen molar-refractivity contribution in [2.24, 2.45) is 5.92 Å². The molecule has 0 radical (unpaired) electrons. The summed E-state index contributed by atoms with van der Waals surface area (Å²) in [4.78, 5) is 25.2. The van der Waals surface area contributed by atoms with Crippen molar-refractivity contribution >= 4 is 11.6 Å². The van der Waals surface area contributed by atoms with Gasteiger partial charge >= 0.3 is 0 Å². The predicted octanol–water partition coefficient (Wildman–Crippen LogP) is 4.54. The van der Waals surface area contributed by atoms with E-state index in [2.05, 4.69) is 49.2 Å². The quantitative estimate of drug-likeness (QED) is 0.611. The maximum Gasteiger partial charge on any atom is 0.152 e. The Morgan fingerprint density at radius 1 is 1.00 bits per heavy atom. The molecule has 2 aromatic rings. The van der Waals surface area contributed by atoms with Crippen LogP contribution in [0.5, 0.6) is 0 Å². The molecule has 25 heavy (non-hydrogen) atoms. The van der Waals surface area contributed by atoms with Crippen LogP contribution in [0.1, 0.15) is 41.0 Å². The number of hydrogen-bond donors (Lipinski definition) is 0. The Hall–Kier alpha value is -2.66. The summed E-state index contributed by atoms with van der Waals surface area (Å²) in [5, 5.41) is 0. The minimum atomic E-state index is -0.648. The lowest BCUT2D eigenvalue weighted by Gasteiger charge is -2.17. The molecule has 0 aliphatic heterocycles. The summed E-state index contributed by atoms with van der Waals surface area (Å²) >= 11 is 0. The molecule has 2 heteroatoms. The van der Waals surface area contributed by atoms with Crippen molar-refractivity contribution in [3.8, 4) is 23.5 Å². The molecule has 1 fully saturated rings. The summed E-state index contributed by atoms with van der Waals surface area (Å²) in [6.45, 7) is 6.03. The van der Waals surface area contributed by atoms with Crippen molar-refractivity contribution in [3.63, 3.8) is 0 Å². The molecule has 1 saturated carbocycles. The average Bonchev–Trinajstić information content (AvgIpc) is 2.83. The molecule has 0 amide bonds. The fourth-order valence-electron chi connectivity index (χ4n) is 3.82. The smallest absolute Gasteiger partial charge is 0.152 e. The lowest BCUT2D eigenvalue weighted by atomic mass is 9.85. The van der Waals surface area contributed by atoms with Crippen molar-refractivity contribution in [1.82, 2.24) is 0 Å². The van der Waals surface area contributed by atoms with Crippen LogP contribution < -0.4 is 0 Å². The van der Waals surface area contributed by atoms with Gasteiger partial charge in [0.2, 0.25) is 0 Å². The highest BCUT2D eigenvalue weighted by Gasteiger charge is 2.42. The fraction of sp³-hybridized carbons (Fsp3) is 0.304. The zero-order chi connectivity index (χ0) is 18.1. The van der Waals surface area contributed by atoms with Gasteiger partial charge < -0.3 is 0 Å². The number of aryl methyl sites for hydroxylation is 3. The second kappa shape index (κ2) is 6.69. The van der Waals surface area contributed by atoms with Gasteiger partial charge in [0.15, 0.2) is 5.78 Å². The summed E-state index contributed by atoms with van der Waals surface area (Å²) in [5.74, 6) is 1.54. The third-order valence-corrected chi connectivity index (χ3v) is 5.09. The van der Waals surface area contributed by atoms with Gasteiger partial charge in [0.1, 0.15) is 11.7 Å². The van der Waals surface area contributed by atoms with Crippen LogP contribution in [-0.4, -0.2) is 11.6 Å². The molecule has 126 valence electrons. The van der Waals surface area contributed by atoms with Gasteiger partial charge in [0.05, 0.1) is 0 Å².